The number of nitrogens with one attached hydrogen (secondary N) is 1. The number of nitrogens with zero attached hydrogens (tertiary/aromatic N) is 2. The predicted molar refractivity (Wildman–Crippen MR) is 75.7 cm³/mol. The minimum absolute atomic E-state index is 0.0501. The maximum absolute atomic E-state index is 11.7. The molecule has 0 aliphatic carbocycles. The minimum Gasteiger partial charge on any atom is -0.325 e. The number of carbonyl (C=O) groups is 1. The summed E-state index contributed by atoms with van der Waals surface area (Å²) < 4.78 is 3.55. The molecular formula is C11H12IN3O2. The molecule has 0 aliphatic rings. The number of aryl methyl sites for hydroxylation is 2. The first-order valence-corrected chi connectivity index (χ1v) is 6.58. The number of rotatable bonds is 2. The topological polar surface area (TPSA) is 56.0 Å². The number of halogens is 1. The van der Waals surface area contributed by atoms with E-state index in [-0.39, 0.29) is 11.6 Å². The number of amides is 1. The van der Waals surface area contributed by atoms with Crippen LogP contribution in [0.5, 0.6) is 0 Å². The molecule has 5 nitrogen and oxygen atoms in total. The minimum atomic E-state index is -0.0719. The Balaban J connectivity index is 2.54. The number of alkyl halides is 1. The standard InChI is InChI=1S/C11H12IN3O2/c1-14-8-4-3-7(13-10(16)6-12)5-9(8)15(2)11(14)17/h3-5H,6H2,1-2H3,(H,13,16). The second-order valence-corrected chi connectivity index (χ2v) is 4.55. The molecule has 1 amide bonds. The van der Waals surface area contributed by atoms with Crippen LogP contribution in [-0.4, -0.2) is 19.5 Å². The molecule has 1 aromatic heterocycles. The first-order valence-electron chi connectivity index (χ1n) is 5.06. The lowest BCUT2D eigenvalue weighted by Crippen LogP contribution is -2.19. The maximum atomic E-state index is 11.7. The summed E-state index contributed by atoms with van der Waals surface area (Å²) in [5.41, 5.74) is 2.30. The van der Waals surface area contributed by atoms with Crippen LogP contribution in [0.25, 0.3) is 11.0 Å². The molecule has 0 saturated carbocycles. The van der Waals surface area contributed by atoms with E-state index in [1.807, 2.05) is 28.7 Å². The Hall–Kier alpha value is -1.31. The lowest BCUT2D eigenvalue weighted by atomic mass is 10.2. The fourth-order valence-electron chi connectivity index (χ4n) is 1.78. The molecule has 0 bridgehead atoms. The third-order valence-electron chi connectivity index (χ3n) is 2.68. The Kier molecular flexibility index (Phi) is 3.23. The summed E-state index contributed by atoms with van der Waals surface area (Å²) in [4.78, 5) is 23.0. The lowest BCUT2D eigenvalue weighted by molar-refractivity contribution is -0.113. The van der Waals surface area contributed by atoms with Crippen molar-refractivity contribution < 1.29 is 4.79 Å². The monoisotopic (exact) mass is 345 g/mol. The van der Waals surface area contributed by atoms with Gasteiger partial charge in [-0.15, -0.1) is 0 Å². The van der Waals surface area contributed by atoms with E-state index in [1.54, 1.807) is 35.4 Å². The molecule has 0 aliphatic heterocycles. The van der Waals surface area contributed by atoms with Gasteiger partial charge in [-0.3, -0.25) is 13.9 Å². The molecule has 0 unspecified atom stereocenters. The van der Waals surface area contributed by atoms with Gasteiger partial charge in [0.15, 0.2) is 0 Å². The Morgan fingerprint density at radius 3 is 2.59 bits per heavy atom. The van der Waals surface area contributed by atoms with Gasteiger partial charge in [0.1, 0.15) is 0 Å². The van der Waals surface area contributed by atoms with Crippen LogP contribution < -0.4 is 11.0 Å². The fraction of sp³-hybridized carbons (Fsp3) is 0.273. The van der Waals surface area contributed by atoms with Crippen LogP contribution in [-0.2, 0) is 18.9 Å². The van der Waals surface area contributed by atoms with Gasteiger partial charge >= 0.3 is 5.69 Å². The summed E-state index contributed by atoms with van der Waals surface area (Å²) in [5.74, 6) is -0.0501. The summed E-state index contributed by atoms with van der Waals surface area (Å²) in [5, 5.41) is 2.77. The number of anilines is 1. The molecule has 0 atom stereocenters. The zero-order valence-electron chi connectivity index (χ0n) is 9.53. The Labute approximate surface area is 112 Å². The highest BCUT2D eigenvalue weighted by molar-refractivity contribution is 14.1. The van der Waals surface area contributed by atoms with Crippen molar-refractivity contribution in [3.63, 3.8) is 0 Å². The highest BCUT2D eigenvalue weighted by atomic mass is 127. The fourth-order valence-corrected chi connectivity index (χ4v) is 1.97. The first kappa shape index (κ1) is 12.2. The van der Waals surface area contributed by atoms with Gasteiger partial charge in [0, 0.05) is 19.8 Å². The van der Waals surface area contributed by atoms with Gasteiger partial charge in [0.25, 0.3) is 0 Å². The van der Waals surface area contributed by atoms with Crippen molar-refractivity contribution in [1.29, 1.82) is 0 Å². The largest absolute Gasteiger partial charge is 0.328 e. The normalized spacial score (nSPS) is 10.8. The maximum Gasteiger partial charge on any atom is 0.328 e. The van der Waals surface area contributed by atoms with Crippen LogP contribution in [0.4, 0.5) is 5.69 Å². The molecule has 1 N–H and O–H groups in total. The number of carbonyl (C=O) groups excluding carboxylic acids is 1. The molecule has 0 saturated heterocycles. The second kappa shape index (κ2) is 4.52. The smallest absolute Gasteiger partial charge is 0.325 e. The average molecular weight is 345 g/mol. The average Bonchev–Trinajstić information content (AvgIpc) is 2.54. The molecule has 17 heavy (non-hydrogen) atoms. The number of benzene rings is 1. The Morgan fingerprint density at radius 2 is 1.94 bits per heavy atom. The second-order valence-electron chi connectivity index (χ2n) is 3.79. The molecule has 2 aromatic rings. The Bertz CT molecular complexity index is 642. The van der Waals surface area contributed by atoms with Crippen LogP contribution in [0.1, 0.15) is 0 Å². The van der Waals surface area contributed by atoms with Gasteiger partial charge in [0.2, 0.25) is 5.91 Å². The molecular weight excluding hydrogens is 333 g/mol. The van der Waals surface area contributed by atoms with Crippen molar-refractivity contribution in [3.05, 3.63) is 28.7 Å². The van der Waals surface area contributed by atoms with Gasteiger partial charge < -0.3 is 5.32 Å². The van der Waals surface area contributed by atoms with Crippen LogP contribution in [0.3, 0.4) is 0 Å². The van der Waals surface area contributed by atoms with E-state index in [4.69, 9.17) is 0 Å². The summed E-state index contributed by atoms with van der Waals surface area (Å²) in [6.07, 6.45) is 0. The van der Waals surface area contributed by atoms with Gasteiger partial charge in [-0.1, -0.05) is 22.6 Å². The molecule has 2 rings (SSSR count). The van der Waals surface area contributed by atoms with Crippen LogP contribution in [0, 0.1) is 0 Å². The molecule has 0 fully saturated rings. The van der Waals surface area contributed by atoms with E-state index in [0.717, 1.165) is 11.0 Å². The SMILES string of the molecule is Cn1c(=O)n(C)c2cc(NC(=O)CI)ccc21. The van der Waals surface area contributed by atoms with E-state index in [0.29, 0.717) is 10.1 Å². The highest BCUT2D eigenvalue weighted by Gasteiger charge is 2.08. The van der Waals surface area contributed by atoms with E-state index in [1.165, 1.54) is 0 Å². The third kappa shape index (κ3) is 2.08. The molecule has 1 heterocycles. The summed E-state index contributed by atoms with van der Waals surface area (Å²) in [6, 6.07) is 5.44. The van der Waals surface area contributed by atoms with Crippen LogP contribution >= 0.6 is 22.6 Å². The number of aromatic nitrogens is 2. The Morgan fingerprint density at radius 1 is 1.29 bits per heavy atom. The van der Waals surface area contributed by atoms with E-state index >= 15 is 0 Å². The van der Waals surface area contributed by atoms with Gasteiger partial charge in [-0.25, -0.2) is 4.79 Å². The van der Waals surface area contributed by atoms with E-state index in [9.17, 15) is 9.59 Å². The first-order chi connectivity index (χ1) is 8.04. The van der Waals surface area contributed by atoms with Gasteiger partial charge in [0.05, 0.1) is 15.5 Å². The van der Waals surface area contributed by atoms with E-state index < -0.39 is 0 Å². The number of imidazole rings is 1. The summed E-state index contributed by atoms with van der Waals surface area (Å²) in [6.45, 7) is 0. The molecule has 6 heteroatoms. The van der Waals surface area contributed by atoms with Gasteiger partial charge in [-0.2, -0.15) is 0 Å². The summed E-state index contributed by atoms with van der Waals surface area (Å²) >= 11 is 2.00. The molecule has 0 spiro atoms. The van der Waals surface area contributed by atoms with Crippen molar-refractivity contribution in [2.75, 3.05) is 9.74 Å². The van der Waals surface area contributed by atoms with Crippen LogP contribution in [0.15, 0.2) is 23.0 Å². The number of hydrogen-bond donors (Lipinski definition) is 1. The van der Waals surface area contributed by atoms with Crippen LogP contribution in [0.2, 0.25) is 0 Å². The van der Waals surface area contributed by atoms with Crippen molar-refractivity contribution in [2.24, 2.45) is 14.1 Å². The molecule has 90 valence electrons. The van der Waals surface area contributed by atoms with Gasteiger partial charge in [-0.05, 0) is 18.2 Å². The van der Waals surface area contributed by atoms with Crippen molar-refractivity contribution in [2.45, 2.75) is 0 Å². The summed E-state index contributed by atoms with van der Waals surface area (Å²) in [7, 11) is 3.45. The van der Waals surface area contributed by atoms with Crippen molar-refractivity contribution >= 4 is 45.2 Å². The highest BCUT2D eigenvalue weighted by Crippen LogP contribution is 2.17. The number of fused-ring (bicyclic) bond motifs is 1. The predicted octanol–water partition coefficient (Wildman–Crippen LogP) is 1.25. The van der Waals surface area contributed by atoms with E-state index in [2.05, 4.69) is 5.32 Å². The quantitative estimate of drug-likeness (QED) is 0.658. The molecule has 0 radical (unpaired) electrons. The lowest BCUT2D eigenvalue weighted by Gasteiger charge is -2.03. The number of hydrogen-bond acceptors (Lipinski definition) is 2. The zero-order chi connectivity index (χ0) is 12.6. The zero-order valence-corrected chi connectivity index (χ0v) is 11.7. The third-order valence-corrected chi connectivity index (χ3v) is 3.37. The molecule has 1 aromatic carbocycles. The van der Waals surface area contributed by atoms with Crippen molar-refractivity contribution in [1.82, 2.24) is 9.13 Å². The van der Waals surface area contributed by atoms with Crippen molar-refractivity contribution in [3.8, 4) is 0 Å².